The van der Waals surface area contributed by atoms with E-state index in [0.717, 1.165) is 48.0 Å². The van der Waals surface area contributed by atoms with Crippen LogP contribution in [0.3, 0.4) is 0 Å². The van der Waals surface area contributed by atoms with Gasteiger partial charge in [0.15, 0.2) is 5.96 Å². The maximum absolute atomic E-state index is 5.62. The van der Waals surface area contributed by atoms with Gasteiger partial charge in [0.2, 0.25) is 0 Å². The van der Waals surface area contributed by atoms with Crippen molar-refractivity contribution in [3.63, 3.8) is 0 Å². The lowest BCUT2D eigenvalue weighted by Crippen LogP contribution is -2.47. The summed E-state index contributed by atoms with van der Waals surface area (Å²) in [4.78, 5) is 9.98. The number of nitrogens with one attached hydrogen (secondary N) is 2. The van der Waals surface area contributed by atoms with Crippen LogP contribution in [0.1, 0.15) is 28.3 Å². The monoisotopic (exact) mass is 564 g/mol. The maximum Gasteiger partial charge on any atom is 0.191 e. The number of nitrogens with zero attached hydrogens (tertiary/aromatic N) is 2. The summed E-state index contributed by atoms with van der Waals surface area (Å²) in [7, 11) is 1.80. The smallest absolute Gasteiger partial charge is 0.191 e. The van der Waals surface area contributed by atoms with E-state index in [0.29, 0.717) is 6.54 Å². The van der Waals surface area contributed by atoms with Gasteiger partial charge < -0.3 is 15.4 Å². The van der Waals surface area contributed by atoms with E-state index < -0.39 is 0 Å². The molecule has 5 nitrogen and oxygen atoms in total. The first-order valence-corrected chi connectivity index (χ1v) is 10.4. The second-order valence-electron chi connectivity index (χ2n) is 6.54. The lowest BCUT2D eigenvalue weighted by Gasteiger charge is -2.38. The van der Waals surface area contributed by atoms with E-state index in [1.807, 2.05) is 6.20 Å². The number of aryl methyl sites for hydroxylation is 1. The molecule has 148 valence electrons. The largest absolute Gasteiger partial charge is 0.381 e. The molecular weight excluding hydrogens is 539 g/mol. The molecule has 0 radical (unpaired) electrons. The van der Waals surface area contributed by atoms with Gasteiger partial charge in [-0.05, 0) is 37.5 Å². The molecular formula is C19H26BrIN4OS. The maximum atomic E-state index is 5.62. The summed E-state index contributed by atoms with van der Waals surface area (Å²) in [6.07, 6.45) is 3.91. The molecule has 0 atom stereocenters. The van der Waals surface area contributed by atoms with E-state index in [-0.39, 0.29) is 29.4 Å². The highest BCUT2D eigenvalue weighted by molar-refractivity contribution is 14.0. The zero-order chi connectivity index (χ0) is 18.4. The van der Waals surface area contributed by atoms with Crippen LogP contribution in [0.5, 0.6) is 0 Å². The SMILES string of the molecule is CN=C(NCc1ncc(C)s1)NCC1(c2ccc(Br)cc2)CCOCC1.I. The van der Waals surface area contributed by atoms with Crippen molar-refractivity contribution in [1.29, 1.82) is 0 Å². The fourth-order valence-corrected chi connectivity index (χ4v) is 4.24. The van der Waals surface area contributed by atoms with Crippen LogP contribution < -0.4 is 10.6 Å². The van der Waals surface area contributed by atoms with Crippen molar-refractivity contribution in [1.82, 2.24) is 15.6 Å². The number of hydrogen-bond donors (Lipinski definition) is 2. The van der Waals surface area contributed by atoms with Gasteiger partial charge in [-0.1, -0.05) is 28.1 Å². The van der Waals surface area contributed by atoms with Gasteiger partial charge in [0.05, 0.1) is 6.54 Å². The summed E-state index contributed by atoms with van der Waals surface area (Å²) in [5, 5.41) is 7.95. The molecule has 27 heavy (non-hydrogen) atoms. The zero-order valence-corrected chi connectivity index (χ0v) is 20.4. The predicted octanol–water partition coefficient (Wildman–Crippen LogP) is 4.25. The minimum atomic E-state index is 0. The Labute approximate surface area is 190 Å². The normalized spacial score (nSPS) is 16.5. The molecule has 0 bridgehead atoms. The molecule has 1 aromatic heterocycles. The molecule has 2 N–H and O–H groups in total. The summed E-state index contributed by atoms with van der Waals surface area (Å²) >= 11 is 5.24. The quantitative estimate of drug-likeness (QED) is 0.324. The Bertz CT molecular complexity index is 744. The Morgan fingerprint density at radius 1 is 1.26 bits per heavy atom. The summed E-state index contributed by atoms with van der Waals surface area (Å²) in [5.41, 5.74) is 1.41. The molecule has 2 aromatic rings. The van der Waals surface area contributed by atoms with Crippen LogP contribution in [-0.2, 0) is 16.7 Å². The van der Waals surface area contributed by atoms with Crippen molar-refractivity contribution in [3.8, 4) is 0 Å². The third-order valence-electron chi connectivity index (χ3n) is 4.80. The highest BCUT2D eigenvalue weighted by Gasteiger charge is 2.34. The number of hydrogen-bond acceptors (Lipinski definition) is 4. The van der Waals surface area contributed by atoms with E-state index in [4.69, 9.17) is 4.74 Å². The zero-order valence-electron chi connectivity index (χ0n) is 15.6. The third-order valence-corrected chi connectivity index (χ3v) is 6.24. The van der Waals surface area contributed by atoms with Crippen LogP contribution in [-0.4, -0.2) is 37.7 Å². The molecule has 1 aromatic carbocycles. The molecule has 0 spiro atoms. The fraction of sp³-hybridized carbons (Fsp3) is 0.474. The number of guanidine groups is 1. The van der Waals surface area contributed by atoms with Gasteiger partial charge in [-0.3, -0.25) is 4.99 Å². The van der Waals surface area contributed by atoms with E-state index in [2.05, 4.69) is 67.7 Å². The van der Waals surface area contributed by atoms with Crippen LogP contribution in [0.2, 0.25) is 0 Å². The minimum Gasteiger partial charge on any atom is -0.381 e. The van der Waals surface area contributed by atoms with Crippen molar-refractivity contribution in [2.75, 3.05) is 26.8 Å². The molecule has 0 saturated carbocycles. The van der Waals surface area contributed by atoms with Crippen molar-refractivity contribution in [2.24, 2.45) is 4.99 Å². The van der Waals surface area contributed by atoms with E-state index in [9.17, 15) is 0 Å². The van der Waals surface area contributed by atoms with Gasteiger partial charge in [0.1, 0.15) is 5.01 Å². The highest BCUT2D eigenvalue weighted by Crippen LogP contribution is 2.34. The third kappa shape index (κ3) is 6.13. The van der Waals surface area contributed by atoms with Crippen molar-refractivity contribution >= 4 is 57.2 Å². The van der Waals surface area contributed by atoms with Crippen LogP contribution in [0, 0.1) is 6.92 Å². The highest BCUT2D eigenvalue weighted by atomic mass is 127. The summed E-state index contributed by atoms with van der Waals surface area (Å²) < 4.78 is 6.73. The average Bonchev–Trinajstić information content (AvgIpc) is 3.08. The van der Waals surface area contributed by atoms with Gasteiger partial charge in [-0.2, -0.15) is 0 Å². The summed E-state index contributed by atoms with van der Waals surface area (Å²) in [6, 6.07) is 8.66. The Kier molecular flexibility index (Phi) is 8.97. The summed E-state index contributed by atoms with van der Waals surface area (Å²) in [5.74, 6) is 0.806. The standard InChI is InChI=1S/C19H25BrN4OS.HI/c1-14-11-22-17(26-14)12-23-18(21-2)24-13-19(7-9-25-10-8-19)15-3-5-16(20)6-4-15;/h3-6,11H,7-10,12-13H2,1-2H3,(H2,21,23,24);1H. The second kappa shape index (κ2) is 10.7. The summed E-state index contributed by atoms with van der Waals surface area (Å²) in [6.45, 7) is 5.17. The number of rotatable bonds is 5. The average molecular weight is 565 g/mol. The molecule has 0 amide bonds. The van der Waals surface area contributed by atoms with Crippen molar-refractivity contribution < 1.29 is 4.74 Å². The topological polar surface area (TPSA) is 58.5 Å². The predicted molar refractivity (Wildman–Crippen MR) is 126 cm³/mol. The Hall–Kier alpha value is -0.710. The lowest BCUT2D eigenvalue weighted by atomic mass is 9.74. The molecule has 0 unspecified atom stereocenters. The molecule has 1 aliphatic heterocycles. The lowest BCUT2D eigenvalue weighted by molar-refractivity contribution is 0.0514. The number of aromatic nitrogens is 1. The number of halogens is 2. The molecule has 3 rings (SSSR count). The number of benzene rings is 1. The molecule has 8 heteroatoms. The fourth-order valence-electron chi connectivity index (χ4n) is 3.25. The van der Waals surface area contributed by atoms with Gasteiger partial charge >= 0.3 is 0 Å². The Morgan fingerprint density at radius 2 is 1.96 bits per heavy atom. The number of thiazole rings is 1. The number of aliphatic imine (C=N–C) groups is 1. The van der Waals surface area contributed by atoms with E-state index in [1.165, 1.54) is 10.4 Å². The Balaban J connectivity index is 0.00000261. The first-order chi connectivity index (χ1) is 12.6. The molecule has 2 heterocycles. The molecule has 0 aliphatic carbocycles. The van der Waals surface area contributed by atoms with Crippen LogP contribution in [0.25, 0.3) is 0 Å². The molecule has 1 saturated heterocycles. The van der Waals surface area contributed by atoms with Gasteiger partial charge in [-0.15, -0.1) is 35.3 Å². The van der Waals surface area contributed by atoms with Crippen LogP contribution >= 0.6 is 51.2 Å². The van der Waals surface area contributed by atoms with Gasteiger partial charge in [0, 0.05) is 47.8 Å². The van der Waals surface area contributed by atoms with Crippen molar-refractivity contribution in [2.45, 2.75) is 31.7 Å². The first-order valence-electron chi connectivity index (χ1n) is 8.81. The van der Waals surface area contributed by atoms with Crippen LogP contribution in [0.4, 0.5) is 0 Å². The van der Waals surface area contributed by atoms with E-state index >= 15 is 0 Å². The van der Waals surface area contributed by atoms with E-state index in [1.54, 1.807) is 18.4 Å². The van der Waals surface area contributed by atoms with Gasteiger partial charge in [0.25, 0.3) is 0 Å². The molecule has 1 aliphatic rings. The van der Waals surface area contributed by atoms with Crippen molar-refractivity contribution in [3.05, 3.63) is 50.4 Å². The van der Waals surface area contributed by atoms with Gasteiger partial charge in [-0.25, -0.2) is 4.98 Å². The first kappa shape index (κ1) is 22.6. The Morgan fingerprint density at radius 3 is 2.56 bits per heavy atom. The van der Waals surface area contributed by atoms with Crippen LogP contribution in [0.15, 0.2) is 39.9 Å². The minimum absolute atomic E-state index is 0. The number of ether oxygens (including phenoxy) is 1. The second-order valence-corrected chi connectivity index (χ2v) is 8.78. The molecule has 1 fully saturated rings.